The molecule has 1 fully saturated rings. The number of rotatable bonds is 6. The van der Waals surface area contributed by atoms with Crippen LogP contribution in [0.3, 0.4) is 0 Å². The molecule has 4 nitrogen and oxygen atoms in total. The molecule has 1 atom stereocenters. The molecule has 21 heavy (non-hydrogen) atoms. The van der Waals surface area contributed by atoms with Gasteiger partial charge in [0.2, 0.25) is 5.91 Å². The Morgan fingerprint density at radius 3 is 2.76 bits per heavy atom. The second-order valence-electron chi connectivity index (χ2n) is 5.12. The third kappa shape index (κ3) is 5.89. The normalized spacial score (nSPS) is 17.1. The number of nitrogens with zero attached hydrogens (tertiary/aromatic N) is 1. The number of benzene rings is 1. The van der Waals surface area contributed by atoms with Crippen LogP contribution in [0.25, 0.3) is 0 Å². The van der Waals surface area contributed by atoms with Crippen molar-refractivity contribution < 1.29 is 13.9 Å². The highest BCUT2D eigenvalue weighted by Gasteiger charge is 2.19. The molecule has 1 aliphatic heterocycles. The fraction of sp³-hybridized carbons (Fsp3) is 0.533. The molecule has 0 aliphatic carbocycles. The predicted molar refractivity (Wildman–Crippen MR) is 82.4 cm³/mol. The zero-order chi connectivity index (χ0) is 14.4. The van der Waals surface area contributed by atoms with Crippen LogP contribution in [0.4, 0.5) is 4.39 Å². The molecule has 0 bridgehead atoms. The first-order valence-corrected chi connectivity index (χ1v) is 7.01. The Labute approximate surface area is 131 Å². The molecule has 1 unspecified atom stereocenters. The number of hydrogen-bond acceptors (Lipinski definition) is 3. The van der Waals surface area contributed by atoms with E-state index in [2.05, 4.69) is 5.32 Å². The molecule has 2 rings (SSSR count). The quantitative estimate of drug-likeness (QED) is 0.875. The standard InChI is InChI=1S/C15H21FN2O2.ClH/c1-18(15(19)11-13-3-2-8-17-13)9-10-20-14-6-4-12(16)5-7-14;/h4-7,13,17H,2-3,8-11H2,1H3;1H. The van der Waals surface area contributed by atoms with Crippen molar-refractivity contribution in [2.45, 2.75) is 25.3 Å². The van der Waals surface area contributed by atoms with Crippen LogP contribution in [0.5, 0.6) is 5.75 Å². The molecule has 1 aromatic rings. The number of carbonyl (C=O) groups excluding carboxylic acids is 1. The highest BCUT2D eigenvalue weighted by atomic mass is 35.5. The van der Waals surface area contributed by atoms with E-state index in [0.29, 0.717) is 31.4 Å². The Morgan fingerprint density at radius 1 is 1.43 bits per heavy atom. The van der Waals surface area contributed by atoms with Gasteiger partial charge in [-0.2, -0.15) is 0 Å². The summed E-state index contributed by atoms with van der Waals surface area (Å²) < 4.78 is 18.2. The highest BCUT2D eigenvalue weighted by molar-refractivity contribution is 5.85. The van der Waals surface area contributed by atoms with Crippen LogP contribution >= 0.6 is 12.4 Å². The number of carbonyl (C=O) groups is 1. The lowest BCUT2D eigenvalue weighted by atomic mass is 10.1. The lowest BCUT2D eigenvalue weighted by molar-refractivity contribution is -0.130. The topological polar surface area (TPSA) is 41.6 Å². The Balaban J connectivity index is 0.00000220. The summed E-state index contributed by atoms with van der Waals surface area (Å²) in [7, 11) is 1.78. The van der Waals surface area contributed by atoms with E-state index >= 15 is 0 Å². The first-order valence-electron chi connectivity index (χ1n) is 7.01. The lowest BCUT2D eigenvalue weighted by Crippen LogP contribution is -2.35. The van der Waals surface area contributed by atoms with Crippen LogP contribution < -0.4 is 10.1 Å². The molecule has 0 radical (unpaired) electrons. The molecular weight excluding hydrogens is 295 g/mol. The average Bonchev–Trinajstić information content (AvgIpc) is 2.93. The highest BCUT2D eigenvalue weighted by Crippen LogP contribution is 2.12. The Hall–Kier alpha value is -1.33. The van der Waals surface area contributed by atoms with E-state index in [1.165, 1.54) is 12.1 Å². The largest absolute Gasteiger partial charge is 0.492 e. The maximum atomic E-state index is 12.7. The van der Waals surface area contributed by atoms with Gasteiger partial charge in [0.15, 0.2) is 0 Å². The molecule has 0 saturated carbocycles. The second-order valence-corrected chi connectivity index (χ2v) is 5.12. The number of ether oxygens (including phenoxy) is 1. The zero-order valence-corrected chi connectivity index (χ0v) is 13.0. The maximum absolute atomic E-state index is 12.7. The van der Waals surface area contributed by atoms with Gasteiger partial charge in [-0.05, 0) is 43.7 Å². The van der Waals surface area contributed by atoms with Gasteiger partial charge in [0.1, 0.15) is 18.2 Å². The molecule has 6 heteroatoms. The summed E-state index contributed by atoms with van der Waals surface area (Å²) in [5.41, 5.74) is 0. The van der Waals surface area contributed by atoms with E-state index < -0.39 is 0 Å². The first-order chi connectivity index (χ1) is 9.65. The van der Waals surface area contributed by atoms with Gasteiger partial charge < -0.3 is 15.0 Å². The molecule has 0 spiro atoms. The van der Waals surface area contributed by atoms with Crippen molar-refractivity contribution in [1.82, 2.24) is 10.2 Å². The van der Waals surface area contributed by atoms with Gasteiger partial charge in [-0.3, -0.25) is 4.79 Å². The first kappa shape index (κ1) is 17.7. The Bertz CT molecular complexity index is 436. The maximum Gasteiger partial charge on any atom is 0.223 e. The van der Waals surface area contributed by atoms with Crippen molar-refractivity contribution in [1.29, 1.82) is 0 Å². The molecule has 1 heterocycles. The summed E-state index contributed by atoms with van der Waals surface area (Å²) in [4.78, 5) is 13.7. The molecular formula is C15H22ClFN2O2. The molecule has 1 N–H and O–H groups in total. The van der Waals surface area contributed by atoms with Crippen molar-refractivity contribution >= 4 is 18.3 Å². The molecule has 1 aliphatic rings. The lowest BCUT2D eigenvalue weighted by Gasteiger charge is -2.19. The van der Waals surface area contributed by atoms with Gasteiger partial charge in [0.05, 0.1) is 6.54 Å². The van der Waals surface area contributed by atoms with Crippen molar-refractivity contribution in [2.24, 2.45) is 0 Å². The fourth-order valence-electron chi connectivity index (χ4n) is 2.25. The van der Waals surface area contributed by atoms with Gasteiger partial charge in [0.25, 0.3) is 0 Å². The SMILES string of the molecule is CN(CCOc1ccc(F)cc1)C(=O)CC1CCCN1.Cl. The van der Waals surface area contributed by atoms with Crippen molar-refractivity contribution in [3.05, 3.63) is 30.1 Å². The zero-order valence-electron chi connectivity index (χ0n) is 12.2. The van der Waals surface area contributed by atoms with Crippen LogP contribution in [0, 0.1) is 5.82 Å². The third-order valence-electron chi connectivity index (χ3n) is 3.52. The van der Waals surface area contributed by atoms with Crippen molar-refractivity contribution in [3.8, 4) is 5.75 Å². The number of halogens is 2. The minimum absolute atomic E-state index is 0. The van der Waals surface area contributed by atoms with Crippen LogP contribution in [0.2, 0.25) is 0 Å². The molecule has 118 valence electrons. The van der Waals surface area contributed by atoms with Gasteiger partial charge in [-0.25, -0.2) is 4.39 Å². The van der Waals surface area contributed by atoms with E-state index in [-0.39, 0.29) is 24.1 Å². The third-order valence-corrected chi connectivity index (χ3v) is 3.52. The van der Waals surface area contributed by atoms with Gasteiger partial charge in [-0.15, -0.1) is 12.4 Å². The van der Waals surface area contributed by atoms with Crippen LogP contribution in [0.1, 0.15) is 19.3 Å². The van der Waals surface area contributed by atoms with E-state index in [1.807, 2.05) is 0 Å². The summed E-state index contributed by atoms with van der Waals surface area (Å²) in [5, 5.41) is 3.32. The van der Waals surface area contributed by atoms with Crippen molar-refractivity contribution in [3.63, 3.8) is 0 Å². The number of hydrogen-bond donors (Lipinski definition) is 1. The van der Waals surface area contributed by atoms with E-state index in [1.54, 1.807) is 24.1 Å². The number of likely N-dealkylation sites (N-methyl/N-ethyl adjacent to an activating group) is 1. The fourth-order valence-corrected chi connectivity index (χ4v) is 2.25. The van der Waals surface area contributed by atoms with Crippen LogP contribution in [-0.4, -0.2) is 43.6 Å². The molecule has 1 saturated heterocycles. The van der Waals surface area contributed by atoms with Crippen LogP contribution in [-0.2, 0) is 4.79 Å². The Kier molecular flexibility index (Phi) is 7.47. The number of nitrogens with one attached hydrogen (secondary N) is 1. The monoisotopic (exact) mass is 316 g/mol. The molecule has 0 aromatic heterocycles. The van der Waals surface area contributed by atoms with Gasteiger partial charge >= 0.3 is 0 Å². The van der Waals surface area contributed by atoms with Crippen LogP contribution in [0.15, 0.2) is 24.3 Å². The van der Waals surface area contributed by atoms with E-state index in [9.17, 15) is 9.18 Å². The summed E-state index contributed by atoms with van der Waals surface area (Å²) >= 11 is 0. The minimum Gasteiger partial charge on any atom is -0.492 e. The molecule has 1 amide bonds. The van der Waals surface area contributed by atoms with Gasteiger partial charge in [-0.1, -0.05) is 0 Å². The summed E-state index contributed by atoms with van der Waals surface area (Å²) in [6.07, 6.45) is 2.77. The summed E-state index contributed by atoms with van der Waals surface area (Å²) in [6.45, 7) is 1.95. The second kappa shape index (κ2) is 8.85. The smallest absolute Gasteiger partial charge is 0.223 e. The Morgan fingerprint density at radius 2 is 2.14 bits per heavy atom. The number of amides is 1. The van der Waals surface area contributed by atoms with Gasteiger partial charge in [0, 0.05) is 19.5 Å². The predicted octanol–water partition coefficient (Wildman–Crippen LogP) is 2.23. The van der Waals surface area contributed by atoms with Crippen molar-refractivity contribution in [2.75, 3.05) is 26.7 Å². The van der Waals surface area contributed by atoms with E-state index in [4.69, 9.17) is 4.74 Å². The minimum atomic E-state index is -0.284. The molecule has 1 aromatic carbocycles. The summed E-state index contributed by atoms with van der Waals surface area (Å²) in [5.74, 6) is 0.463. The van der Waals surface area contributed by atoms with E-state index in [0.717, 1.165) is 19.4 Å². The average molecular weight is 317 g/mol. The summed E-state index contributed by atoms with van der Waals surface area (Å²) in [6, 6.07) is 6.20.